The summed E-state index contributed by atoms with van der Waals surface area (Å²) in [4.78, 5) is 15.9. The smallest absolute Gasteiger partial charge is 0.161 e. The Morgan fingerprint density at radius 2 is 1.96 bits per heavy atom. The number of ether oxygens (including phenoxy) is 2. The number of nitrogens with zero attached hydrogens (tertiary/aromatic N) is 2. The van der Waals surface area contributed by atoms with Gasteiger partial charge in [-0.15, -0.1) is 0 Å². The molecule has 1 atom stereocenters. The molecule has 0 bridgehead atoms. The quantitative estimate of drug-likeness (QED) is 0.752. The van der Waals surface area contributed by atoms with Crippen molar-refractivity contribution in [2.24, 2.45) is 0 Å². The van der Waals surface area contributed by atoms with Crippen molar-refractivity contribution in [3.8, 4) is 11.5 Å². The molecule has 1 heterocycles. The summed E-state index contributed by atoms with van der Waals surface area (Å²) in [5.74, 6) is 1.02. The molecular weight excluding hydrogens is 296 g/mol. The fraction of sp³-hybridized carbons (Fsp3) is 0.588. The fourth-order valence-electron chi connectivity index (χ4n) is 2.57. The zero-order valence-electron chi connectivity index (χ0n) is 14.1. The number of aliphatic hydroxyl groups excluding tert-OH is 1. The van der Waals surface area contributed by atoms with E-state index in [1.54, 1.807) is 18.2 Å². The largest absolute Gasteiger partial charge is 0.493 e. The Morgan fingerprint density at radius 1 is 1.26 bits per heavy atom. The average molecular weight is 322 g/mol. The Bertz CT molecular complexity index is 527. The van der Waals surface area contributed by atoms with Crippen molar-refractivity contribution in [3.05, 3.63) is 23.8 Å². The molecule has 1 N–H and O–H groups in total. The van der Waals surface area contributed by atoms with E-state index < -0.39 is 6.10 Å². The Morgan fingerprint density at radius 3 is 2.57 bits per heavy atom. The maximum absolute atomic E-state index is 11.4. The maximum Gasteiger partial charge on any atom is 0.161 e. The third-order valence-corrected chi connectivity index (χ3v) is 4.07. The van der Waals surface area contributed by atoms with Crippen molar-refractivity contribution >= 4 is 5.78 Å². The van der Waals surface area contributed by atoms with E-state index in [2.05, 4.69) is 16.8 Å². The third-order valence-electron chi connectivity index (χ3n) is 4.07. The Hall–Kier alpha value is -1.63. The summed E-state index contributed by atoms with van der Waals surface area (Å²) in [6, 6.07) is 5.07. The van der Waals surface area contributed by atoms with E-state index in [1.807, 2.05) is 0 Å². The van der Waals surface area contributed by atoms with Crippen LogP contribution in [0.4, 0.5) is 0 Å². The van der Waals surface area contributed by atoms with E-state index in [0.29, 0.717) is 23.6 Å². The summed E-state index contributed by atoms with van der Waals surface area (Å²) in [7, 11) is 3.64. The molecule has 0 radical (unpaired) electrons. The summed E-state index contributed by atoms with van der Waals surface area (Å²) in [5.41, 5.74) is 0.576. The monoisotopic (exact) mass is 322 g/mol. The lowest BCUT2D eigenvalue weighted by atomic mass is 10.1. The number of hydrogen-bond donors (Lipinski definition) is 1. The highest BCUT2D eigenvalue weighted by Gasteiger charge is 2.18. The molecule has 0 aromatic heterocycles. The second-order valence-corrected chi connectivity index (χ2v) is 5.99. The molecule has 0 aliphatic carbocycles. The van der Waals surface area contributed by atoms with E-state index in [9.17, 15) is 9.90 Å². The molecule has 0 amide bonds. The number of likely N-dealkylation sites (N-methyl/N-ethyl adjacent to an activating group) is 1. The van der Waals surface area contributed by atoms with Crippen LogP contribution >= 0.6 is 0 Å². The Balaban J connectivity index is 1.86. The van der Waals surface area contributed by atoms with Crippen LogP contribution < -0.4 is 9.47 Å². The van der Waals surface area contributed by atoms with Gasteiger partial charge in [0.2, 0.25) is 0 Å². The molecule has 6 nitrogen and oxygen atoms in total. The van der Waals surface area contributed by atoms with Gasteiger partial charge in [0, 0.05) is 38.3 Å². The Labute approximate surface area is 137 Å². The van der Waals surface area contributed by atoms with Crippen molar-refractivity contribution in [3.63, 3.8) is 0 Å². The number of carbonyl (C=O) groups is 1. The summed E-state index contributed by atoms with van der Waals surface area (Å²) in [5, 5.41) is 10.2. The predicted octanol–water partition coefficient (Wildman–Crippen LogP) is 0.885. The highest BCUT2D eigenvalue weighted by Crippen LogP contribution is 2.28. The van der Waals surface area contributed by atoms with E-state index in [0.717, 1.165) is 26.2 Å². The van der Waals surface area contributed by atoms with Crippen LogP contribution in [0, 0.1) is 0 Å². The third kappa shape index (κ3) is 5.20. The van der Waals surface area contributed by atoms with E-state index >= 15 is 0 Å². The summed E-state index contributed by atoms with van der Waals surface area (Å²) >= 11 is 0. The van der Waals surface area contributed by atoms with Gasteiger partial charge in [0.25, 0.3) is 0 Å². The van der Waals surface area contributed by atoms with Crippen LogP contribution in [0.2, 0.25) is 0 Å². The number of ketones is 1. The minimum absolute atomic E-state index is 0.0232. The SMILES string of the molecule is COc1cc(C(C)=O)ccc1OCC(O)CN1CCN(C)CC1. The van der Waals surface area contributed by atoms with Crippen LogP contribution in [-0.2, 0) is 0 Å². The molecule has 1 aliphatic heterocycles. The molecule has 1 unspecified atom stereocenters. The second kappa shape index (κ2) is 8.29. The minimum Gasteiger partial charge on any atom is -0.493 e. The molecule has 0 saturated carbocycles. The van der Waals surface area contributed by atoms with Crippen molar-refractivity contribution in [2.75, 3.05) is 53.5 Å². The van der Waals surface area contributed by atoms with Gasteiger partial charge in [-0.25, -0.2) is 0 Å². The summed E-state index contributed by atoms with van der Waals surface area (Å²) in [6.07, 6.45) is -0.560. The normalized spacial score (nSPS) is 17.7. The second-order valence-electron chi connectivity index (χ2n) is 5.99. The minimum atomic E-state index is -0.560. The molecular formula is C17H26N2O4. The molecule has 1 aliphatic rings. The standard InChI is InChI=1S/C17H26N2O4/c1-13(20)14-4-5-16(17(10-14)22-3)23-12-15(21)11-19-8-6-18(2)7-9-19/h4-5,10,15,21H,6-9,11-12H2,1-3H3. The van der Waals surface area contributed by atoms with Gasteiger partial charge in [0.05, 0.1) is 7.11 Å². The average Bonchev–Trinajstić information content (AvgIpc) is 2.54. The number of carbonyl (C=O) groups excluding carboxylic acids is 1. The number of hydrogen-bond acceptors (Lipinski definition) is 6. The first-order valence-electron chi connectivity index (χ1n) is 7.90. The van der Waals surface area contributed by atoms with Crippen molar-refractivity contribution in [1.29, 1.82) is 0 Å². The molecule has 1 saturated heterocycles. The predicted molar refractivity (Wildman–Crippen MR) is 88.4 cm³/mol. The van der Waals surface area contributed by atoms with Gasteiger partial charge >= 0.3 is 0 Å². The molecule has 0 spiro atoms. The lowest BCUT2D eigenvalue weighted by Crippen LogP contribution is -2.47. The number of piperazine rings is 1. The topological polar surface area (TPSA) is 62.2 Å². The summed E-state index contributed by atoms with van der Waals surface area (Å²) in [6.45, 7) is 6.27. The first-order valence-corrected chi connectivity index (χ1v) is 7.90. The molecule has 1 aromatic carbocycles. The highest BCUT2D eigenvalue weighted by molar-refractivity contribution is 5.94. The van der Waals surface area contributed by atoms with E-state index in [1.165, 1.54) is 14.0 Å². The number of aliphatic hydroxyl groups is 1. The van der Waals surface area contributed by atoms with Crippen molar-refractivity contribution < 1.29 is 19.4 Å². The lowest BCUT2D eigenvalue weighted by molar-refractivity contribution is 0.0498. The maximum atomic E-state index is 11.4. The van der Waals surface area contributed by atoms with Gasteiger partial charge in [0.15, 0.2) is 17.3 Å². The van der Waals surface area contributed by atoms with Gasteiger partial charge in [-0.3, -0.25) is 9.69 Å². The van der Waals surface area contributed by atoms with Crippen LogP contribution in [0.5, 0.6) is 11.5 Å². The van der Waals surface area contributed by atoms with Gasteiger partial charge in [0.1, 0.15) is 12.7 Å². The first kappa shape index (κ1) is 17.7. The van der Waals surface area contributed by atoms with Crippen LogP contribution in [0.15, 0.2) is 18.2 Å². The number of benzene rings is 1. The van der Waals surface area contributed by atoms with Gasteiger partial charge in [-0.2, -0.15) is 0 Å². The molecule has 2 rings (SSSR count). The van der Waals surface area contributed by atoms with Crippen molar-refractivity contribution in [1.82, 2.24) is 9.80 Å². The lowest BCUT2D eigenvalue weighted by Gasteiger charge is -2.33. The number of rotatable bonds is 7. The first-order chi connectivity index (χ1) is 11.0. The van der Waals surface area contributed by atoms with E-state index in [-0.39, 0.29) is 12.4 Å². The number of Topliss-reactive ketones (excluding diaryl/α,β-unsaturated/α-hetero) is 1. The molecule has 23 heavy (non-hydrogen) atoms. The Kier molecular flexibility index (Phi) is 6.38. The molecule has 1 aromatic rings. The molecule has 6 heteroatoms. The van der Waals surface area contributed by atoms with Crippen LogP contribution in [0.1, 0.15) is 17.3 Å². The zero-order valence-corrected chi connectivity index (χ0v) is 14.1. The van der Waals surface area contributed by atoms with Crippen LogP contribution in [-0.4, -0.2) is 80.3 Å². The van der Waals surface area contributed by atoms with Gasteiger partial charge in [-0.1, -0.05) is 0 Å². The highest BCUT2D eigenvalue weighted by atomic mass is 16.5. The molecule has 1 fully saturated rings. The van der Waals surface area contributed by atoms with Crippen LogP contribution in [0.25, 0.3) is 0 Å². The van der Waals surface area contributed by atoms with Crippen LogP contribution in [0.3, 0.4) is 0 Å². The zero-order chi connectivity index (χ0) is 16.8. The fourth-order valence-corrected chi connectivity index (χ4v) is 2.57. The summed E-state index contributed by atoms with van der Waals surface area (Å²) < 4.78 is 10.9. The molecule has 128 valence electrons. The van der Waals surface area contributed by atoms with Gasteiger partial charge in [-0.05, 0) is 32.2 Å². The van der Waals surface area contributed by atoms with E-state index in [4.69, 9.17) is 9.47 Å². The number of methoxy groups -OCH3 is 1. The number of β-amino-alcohol motifs (C(OH)–C–C–N with tert-alkyl or cyclic N) is 1. The van der Waals surface area contributed by atoms with Crippen molar-refractivity contribution in [2.45, 2.75) is 13.0 Å². The van der Waals surface area contributed by atoms with Gasteiger partial charge < -0.3 is 19.5 Å².